The lowest BCUT2D eigenvalue weighted by atomic mass is 9.92. The molecule has 1 aliphatic heterocycles. The van der Waals surface area contributed by atoms with Crippen molar-refractivity contribution in [3.05, 3.63) is 42.7 Å². The highest BCUT2D eigenvalue weighted by atomic mass is 32.1. The van der Waals surface area contributed by atoms with E-state index in [1.54, 1.807) is 11.3 Å². The maximum atomic E-state index is 12.4. The Morgan fingerprint density at radius 1 is 1.25 bits per heavy atom. The third-order valence-electron chi connectivity index (χ3n) is 6.93. The predicted molar refractivity (Wildman–Crippen MR) is 125 cm³/mol. The molecule has 6 rings (SSSR count). The topological polar surface area (TPSA) is 103 Å². The second-order valence-corrected chi connectivity index (χ2v) is 9.50. The third-order valence-corrected chi connectivity index (χ3v) is 7.72. The van der Waals surface area contributed by atoms with Gasteiger partial charge in [0.15, 0.2) is 5.65 Å². The molecule has 0 radical (unpaired) electrons. The molecule has 32 heavy (non-hydrogen) atoms. The zero-order chi connectivity index (χ0) is 21.8. The number of benzene rings is 1. The van der Waals surface area contributed by atoms with Crippen molar-refractivity contribution in [2.45, 2.75) is 37.8 Å². The summed E-state index contributed by atoms with van der Waals surface area (Å²) in [4.78, 5) is 27.6. The molecule has 9 heteroatoms. The lowest BCUT2D eigenvalue weighted by molar-refractivity contribution is -0.130. The summed E-state index contributed by atoms with van der Waals surface area (Å²) in [6.07, 6.45) is 6.93. The number of nitrogen functional groups attached to an aromatic ring is 1. The van der Waals surface area contributed by atoms with Crippen molar-refractivity contribution in [2.24, 2.45) is 5.92 Å². The minimum atomic E-state index is 0.0239. The highest BCUT2D eigenvalue weighted by Gasteiger charge is 2.43. The van der Waals surface area contributed by atoms with Gasteiger partial charge in [-0.1, -0.05) is 12.6 Å². The molecule has 3 atom stereocenters. The summed E-state index contributed by atoms with van der Waals surface area (Å²) < 4.78 is 3.13. The molecule has 8 nitrogen and oxygen atoms in total. The number of thiazole rings is 1. The van der Waals surface area contributed by atoms with Crippen LogP contribution in [0.2, 0.25) is 0 Å². The van der Waals surface area contributed by atoms with Gasteiger partial charge in [-0.05, 0) is 49.8 Å². The normalized spacial score (nSPS) is 23.0. The molecule has 2 N–H and O–H groups in total. The van der Waals surface area contributed by atoms with Crippen LogP contribution in [-0.2, 0) is 4.79 Å². The maximum Gasteiger partial charge on any atom is 0.246 e. The van der Waals surface area contributed by atoms with E-state index in [0.717, 1.165) is 64.7 Å². The van der Waals surface area contributed by atoms with E-state index in [1.165, 1.54) is 12.4 Å². The van der Waals surface area contributed by atoms with Crippen LogP contribution in [0.4, 0.5) is 5.82 Å². The lowest BCUT2D eigenvalue weighted by Crippen LogP contribution is -2.45. The summed E-state index contributed by atoms with van der Waals surface area (Å²) in [5.74, 6) is 0.920. The summed E-state index contributed by atoms with van der Waals surface area (Å²) in [5.41, 5.74) is 11.7. The lowest BCUT2D eigenvalue weighted by Gasteiger charge is -2.36. The van der Waals surface area contributed by atoms with Gasteiger partial charge in [-0.25, -0.2) is 19.6 Å². The van der Waals surface area contributed by atoms with Crippen molar-refractivity contribution in [1.82, 2.24) is 29.6 Å². The first kappa shape index (κ1) is 19.4. The van der Waals surface area contributed by atoms with Crippen LogP contribution >= 0.6 is 11.3 Å². The Balaban J connectivity index is 1.44. The van der Waals surface area contributed by atoms with Gasteiger partial charge >= 0.3 is 0 Å². The predicted octanol–water partition coefficient (Wildman–Crippen LogP) is 3.81. The number of hydrogen-bond acceptors (Lipinski definition) is 7. The van der Waals surface area contributed by atoms with E-state index in [2.05, 4.69) is 27.6 Å². The van der Waals surface area contributed by atoms with Gasteiger partial charge in [0, 0.05) is 18.2 Å². The molecule has 0 spiro atoms. The number of hydrogen-bond donors (Lipinski definition) is 1. The van der Waals surface area contributed by atoms with E-state index >= 15 is 0 Å². The fraction of sp³-hybridized carbons (Fsp3) is 0.348. The van der Waals surface area contributed by atoms with Crippen molar-refractivity contribution >= 4 is 44.3 Å². The highest BCUT2D eigenvalue weighted by Crippen LogP contribution is 2.44. The number of amides is 1. The number of fused-ring (bicyclic) bond motifs is 3. The molecular formula is C23H23N7OS. The van der Waals surface area contributed by atoms with Crippen LogP contribution in [0.25, 0.3) is 32.5 Å². The molecule has 0 bridgehead atoms. The standard InChI is InChI=1S/C23H23N7OS/c1-2-19(31)29-7-3-4-13-8-15(10-17(13)29)30-23-20(22(24)25-11-26-23)21(28-30)14-5-6-16-18(9-14)32-12-27-16/h2,5-6,9,11-13,15,17H,1,3-4,7-8,10H2,(H2,24,25,26). The fourth-order valence-electron chi connectivity index (χ4n) is 5.50. The highest BCUT2D eigenvalue weighted by molar-refractivity contribution is 7.16. The van der Waals surface area contributed by atoms with E-state index in [-0.39, 0.29) is 18.0 Å². The Morgan fingerprint density at radius 3 is 3.03 bits per heavy atom. The molecule has 4 aromatic rings. The smallest absolute Gasteiger partial charge is 0.246 e. The largest absolute Gasteiger partial charge is 0.383 e. The van der Waals surface area contributed by atoms with E-state index in [9.17, 15) is 4.79 Å². The average Bonchev–Trinajstić information content (AvgIpc) is 3.53. The molecule has 3 unspecified atom stereocenters. The second kappa shape index (κ2) is 7.37. The Morgan fingerprint density at radius 2 is 2.16 bits per heavy atom. The zero-order valence-electron chi connectivity index (χ0n) is 17.5. The molecule has 2 fully saturated rings. The van der Waals surface area contributed by atoms with E-state index < -0.39 is 0 Å². The first-order chi connectivity index (χ1) is 15.6. The molecule has 162 valence electrons. The minimum absolute atomic E-state index is 0.0239. The van der Waals surface area contributed by atoms with Gasteiger partial charge in [0.1, 0.15) is 17.8 Å². The van der Waals surface area contributed by atoms with E-state index in [4.69, 9.17) is 10.8 Å². The third kappa shape index (κ3) is 2.91. The van der Waals surface area contributed by atoms with Crippen LogP contribution in [0.15, 0.2) is 42.7 Å². The number of anilines is 1. The average molecular weight is 446 g/mol. The van der Waals surface area contributed by atoms with Gasteiger partial charge < -0.3 is 10.6 Å². The van der Waals surface area contributed by atoms with Gasteiger partial charge in [0.2, 0.25) is 5.91 Å². The number of nitrogens with zero attached hydrogens (tertiary/aromatic N) is 6. The van der Waals surface area contributed by atoms with Crippen LogP contribution in [0, 0.1) is 5.92 Å². The Hall–Kier alpha value is -3.33. The van der Waals surface area contributed by atoms with Crippen LogP contribution in [0.5, 0.6) is 0 Å². The molecule has 1 aliphatic carbocycles. The number of aromatic nitrogens is 5. The molecule has 1 aromatic carbocycles. The summed E-state index contributed by atoms with van der Waals surface area (Å²) >= 11 is 1.60. The first-order valence-electron chi connectivity index (χ1n) is 10.9. The number of likely N-dealkylation sites (tertiary alicyclic amines) is 1. The van der Waals surface area contributed by atoms with Gasteiger partial charge in [-0.15, -0.1) is 11.3 Å². The van der Waals surface area contributed by atoms with E-state index in [1.807, 2.05) is 27.2 Å². The SMILES string of the molecule is C=CC(=O)N1CCCC2CC(n3nc(-c4ccc5ncsc5c4)c4c(N)ncnc43)CC21. The first-order valence-corrected chi connectivity index (χ1v) is 11.8. The molecule has 2 aliphatic rings. The number of nitrogens with two attached hydrogens (primary N) is 1. The van der Waals surface area contributed by atoms with E-state index in [0.29, 0.717) is 11.7 Å². The summed E-state index contributed by atoms with van der Waals surface area (Å²) in [6, 6.07) is 6.51. The molecular weight excluding hydrogens is 422 g/mol. The number of piperidine rings is 1. The minimum Gasteiger partial charge on any atom is -0.383 e. The van der Waals surface area contributed by atoms with Crippen molar-refractivity contribution in [1.29, 1.82) is 0 Å². The molecule has 1 amide bonds. The van der Waals surface area contributed by atoms with Crippen molar-refractivity contribution in [3.63, 3.8) is 0 Å². The molecule has 3 aromatic heterocycles. The van der Waals surface area contributed by atoms with Crippen LogP contribution in [0.3, 0.4) is 0 Å². The number of carbonyl (C=O) groups excluding carboxylic acids is 1. The monoisotopic (exact) mass is 445 g/mol. The van der Waals surface area contributed by atoms with Crippen LogP contribution in [-0.4, -0.2) is 48.1 Å². The van der Waals surface area contributed by atoms with Crippen molar-refractivity contribution in [3.8, 4) is 11.3 Å². The molecule has 1 saturated heterocycles. The molecule has 4 heterocycles. The quantitative estimate of drug-likeness (QED) is 0.481. The van der Waals surface area contributed by atoms with Gasteiger partial charge in [-0.3, -0.25) is 4.79 Å². The van der Waals surface area contributed by atoms with Gasteiger partial charge in [0.25, 0.3) is 0 Å². The Labute approximate surface area is 188 Å². The Bertz CT molecular complexity index is 1360. The maximum absolute atomic E-state index is 12.4. The molecule has 1 saturated carbocycles. The number of rotatable bonds is 3. The van der Waals surface area contributed by atoms with Crippen molar-refractivity contribution < 1.29 is 4.79 Å². The fourth-order valence-corrected chi connectivity index (χ4v) is 6.22. The van der Waals surface area contributed by atoms with Crippen molar-refractivity contribution in [2.75, 3.05) is 12.3 Å². The van der Waals surface area contributed by atoms with Crippen LogP contribution in [0.1, 0.15) is 31.7 Å². The number of carbonyl (C=O) groups is 1. The summed E-state index contributed by atoms with van der Waals surface area (Å²) in [7, 11) is 0. The van der Waals surface area contributed by atoms with Crippen LogP contribution < -0.4 is 5.73 Å². The van der Waals surface area contributed by atoms with Gasteiger partial charge in [-0.2, -0.15) is 5.10 Å². The summed E-state index contributed by atoms with van der Waals surface area (Å²) in [6.45, 7) is 4.49. The second-order valence-electron chi connectivity index (χ2n) is 8.62. The van der Waals surface area contributed by atoms with Gasteiger partial charge in [0.05, 0.1) is 27.2 Å². The summed E-state index contributed by atoms with van der Waals surface area (Å²) in [5, 5.41) is 5.82. The Kier molecular flexibility index (Phi) is 4.46. The zero-order valence-corrected chi connectivity index (χ0v) is 18.3.